The predicted octanol–water partition coefficient (Wildman–Crippen LogP) is 1.30. The molecule has 0 atom stereocenters. The average molecular weight is 315 g/mol. The van der Waals surface area contributed by atoms with E-state index in [4.69, 9.17) is 5.11 Å². The second-order valence-corrected chi connectivity index (χ2v) is 4.68. The van der Waals surface area contributed by atoms with E-state index in [-0.39, 0.29) is 6.61 Å². The Labute approximate surface area is 134 Å². The number of pyridine rings is 2. The number of hydrogen-bond acceptors (Lipinski definition) is 5. The standard InChI is InChI=1S/C15H18N6O2/c1-2-15-11-14(5-8-21(15)23)19-17-12-16-18-13-3-6-20(7-4-13)9-10-22/h3-8,11-12,22H,2,9-10H2,1H3/p+1. The van der Waals surface area contributed by atoms with Crippen molar-refractivity contribution in [1.29, 1.82) is 0 Å². The molecule has 120 valence electrons. The van der Waals surface area contributed by atoms with Crippen molar-refractivity contribution in [2.45, 2.75) is 19.9 Å². The highest BCUT2D eigenvalue weighted by Gasteiger charge is 2.03. The molecule has 8 heteroatoms. The summed E-state index contributed by atoms with van der Waals surface area (Å²) in [5.41, 5.74) is 4.85. The lowest BCUT2D eigenvalue weighted by molar-refractivity contribution is -0.698. The minimum atomic E-state index is 0.0927. The molecule has 0 fully saturated rings. The van der Waals surface area contributed by atoms with Gasteiger partial charge in [0.1, 0.15) is 6.61 Å². The lowest BCUT2D eigenvalue weighted by Gasteiger charge is -2.04. The zero-order chi connectivity index (χ0) is 16.5. The van der Waals surface area contributed by atoms with E-state index in [1.165, 1.54) is 12.5 Å². The first-order valence-corrected chi connectivity index (χ1v) is 7.23. The topological polar surface area (TPSA) is 100 Å². The number of aromatic nitrogens is 2. The zero-order valence-electron chi connectivity index (χ0n) is 12.8. The fourth-order valence-corrected chi connectivity index (χ4v) is 1.86. The number of anilines is 1. The number of rotatable bonds is 7. The maximum Gasteiger partial charge on any atom is 0.194 e. The minimum absolute atomic E-state index is 0.0927. The van der Waals surface area contributed by atoms with Gasteiger partial charge in [0.15, 0.2) is 37.2 Å². The van der Waals surface area contributed by atoms with Gasteiger partial charge in [-0.25, -0.2) is 4.57 Å². The number of aliphatic hydroxyl groups excluding tert-OH is 1. The van der Waals surface area contributed by atoms with Gasteiger partial charge in [0.2, 0.25) is 0 Å². The summed E-state index contributed by atoms with van der Waals surface area (Å²) in [5.74, 6) is 0. The first-order valence-electron chi connectivity index (χ1n) is 7.23. The lowest BCUT2D eigenvalue weighted by atomic mass is 10.3. The van der Waals surface area contributed by atoms with Crippen molar-refractivity contribution in [3.8, 4) is 0 Å². The molecule has 0 radical (unpaired) electrons. The lowest BCUT2D eigenvalue weighted by Crippen LogP contribution is -2.34. The Kier molecular flexibility index (Phi) is 6.13. The van der Waals surface area contributed by atoms with Gasteiger partial charge in [-0.3, -0.25) is 5.43 Å². The van der Waals surface area contributed by atoms with Crippen molar-refractivity contribution in [3.63, 3.8) is 0 Å². The van der Waals surface area contributed by atoms with Gasteiger partial charge >= 0.3 is 0 Å². The molecule has 2 aromatic rings. The molecule has 0 saturated carbocycles. The number of hydrogen-bond donors (Lipinski definition) is 2. The SMILES string of the molecule is CCc1cc(NN=CN=Nc2cc[n+](CCO)cc2)cc[n+]1[O-]. The third kappa shape index (κ3) is 5.11. The van der Waals surface area contributed by atoms with E-state index in [0.717, 1.165) is 4.73 Å². The number of azo groups is 1. The van der Waals surface area contributed by atoms with E-state index in [1.807, 2.05) is 23.9 Å². The highest BCUT2D eigenvalue weighted by Crippen LogP contribution is 2.08. The molecule has 23 heavy (non-hydrogen) atoms. The molecule has 0 amide bonds. The summed E-state index contributed by atoms with van der Waals surface area (Å²) in [6.07, 6.45) is 7.00. The summed E-state index contributed by atoms with van der Waals surface area (Å²) in [5, 5.41) is 32.0. The Hall–Kier alpha value is -2.87. The van der Waals surface area contributed by atoms with Gasteiger partial charge in [-0.2, -0.15) is 9.83 Å². The summed E-state index contributed by atoms with van der Waals surface area (Å²) < 4.78 is 2.67. The summed E-state index contributed by atoms with van der Waals surface area (Å²) in [6.45, 7) is 2.55. The van der Waals surface area contributed by atoms with E-state index < -0.39 is 0 Å². The normalized spacial score (nSPS) is 11.4. The fraction of sp³-hybridized carbons (Fsp3) is 0.267. The van der Waals surface area contributed by atoms with Gasteiger partial charge in [-0.1, -0.05) is 6.92 Å². The molecule has 2 N–H and O–H groups in total. The van der Waals surface area contributed by atoms with Crippen LogP contribution in [0.1, 0.15) is 12.6 Å². The minimum Gasteiger partial charge on any atom is -0.618 e. The van der Waals surface area contributed by atoms with Crippen molar-refractivity contribution in [3.05, 3.63) is 53.8 Å². The van der Waals surface area contributed by atoms with Gasteiger partial charge in [-0.05, 0) is 0 Å². The number of aliphatic hydroxyl groups is 1. The molecule has 0 bridgehead atoms. The van der Waals surface area contributed by atoms with Crippen LogP contribution in [0, 0.1) is 5.21 Å². The largest absolute Gasteiger partial charge is 0.618 e. The van der Waals surface area contributed by atoms with E-state index in [1.54, 1.807) is 24.3 Å². The molecule has 2 aromatic heterocycles. The van der Waals surface area contributed by atoms with Gasteiger partial charge in [0, 0.05) is 30.7 Å². The number of nitrogens with zero attached hydrogens (tertiary/aromatic N) is 5. The maximum atomic E-state index is 11.4. The Bertz CT molecular complexity index is 685. The van der Waals surface area contributed by atoms with Crippen molar-refractivity contribution in [2.24, 2.45) is 15.3 Å². The van der Waals surface area contributed by atoms with Gasteiger partial charge in [0.05, 0.1) is 11.4 Å². The van der Waals surface area contributed by atoms with Crippen LogP contribution in [0.25, 0.3) is 0 Å². The fourth-order valence-electron chi connectivity index (χ4n) is 1.86. The molecule has 0 aromatic carbocycles. The average Bonchev–Trinajstić information content (AvgIpc) is 2.57. The van der Waals surface area contributed by atoms with Crippen molar-refractivity contribution in [1.82, 2.24) is 0 Å². The van der Waals surface area contributed by atoms with Crippen LogP contribution in [-0.2, 0) is 13.0 Å². The van der Waals surface area contributed by atoms with Gasteiger partial charge in [0.25, 0.3) is 0 Å². The quantitative estimate of drug-likeness (QED) is 0.201. The molecule has 2 rings (SSSR count). The van der Waals surface area contributed by atoms with Gasteiger partial charge in [-0.15, -0.1) is 10.2 Å². The Morgan fingerprint density at radius 1 is 1.26 bits per heavy atom. The summed E-state index contributed by atoms with van der Waals surface area (Å²) in [7, 11) is 0. The Morgan fingerprint density at radius 3 is 2.74 bits per heavy atom. The van der Waals surface area contributed by atoms with Crippen LogP contribution in [-0.4, -0.2) is 18.1 Å². The van der Waals surface area contributed by atoms with E-state index in [2.05, 4.69) is 20.8 Å². The van der Waals surface area contributed by atoms with Crippen LogP contribution in [0.5, 0.6) is 0 Å². The molecule has 0 aliphatic heterocycles. The van der Waals surface area contributed by atoms with Crippen molar-refractivity contribution in [2.75, 3.05) is 12.0 Å². The summed E-state index contributed by atoms with van der Waals surface area (Å²) in [4.78, 5) is 0. The molecular formula is C15H19N6O2+. The molecule has 0 aliphatic rings. The highest BCUT2D eigenvalue weighted by atomic mass is 16.5. The van der Waals surface area contributed by atoms with Crippen LogP contribution >= 0.6 is 0 Å². The molecule has 8 nitrogen and oxygen atoms in total. The highest BCUT2D eigenvalue weighted by molar-refractivity contribution is 5.57. The molecular weight excluding hydrogens is 296 g/mol. The van der Waals surface area contributed by atoms with Crippen LogP contribution in [0.2, 0.25) is 0 Å². The molecule has 0 saturated heterocycles. The predicted molar refractivity (Wildman–Crippen MR) is 85.1 cm³/mol. The molecule has 0 spiro atoms. The first-order chi connectivity index (χ1) is 11.2. The van der Waals surface area contributed by atoms with Crippen molar-refractivity contribution < 1.29 is 14.4 Å². The molecule has 0 unspecified atom stereocenters. The Morgan fingerprint density at radius 2 is 2.04 bits per heavy atom. The summed E-state index contributed by atoms with van der Waals surface area (Å²) >= 11 is 0. The van der Waals surface area contributed by atoms with E-state index in [0.29, 0.717) is 30.0 Å². The number of hydrazone groups is 1. The van der Waals surface area contributed by atoms with Crippen LogP contribution in [0.4, 0.5) is 11.4 Å². The van der Waals surface area contributed by atoms with Crippen LogP contribution < -0.4 is 14.7 Å². The maximum absolute atomic E-state index is 11.4. The van der Waals surface area contributed by atoms with E-state index >= 15 is 0 Å². The smallest absolute Gasteiger partial charge is 0.194 e. The number of nitrogens with one attached hydrogen (secondary N) is 1. The second-order valence-electron chi connectivity index (χ2n) is 4.68. The second kappa shape index (κ2) is 8.54. The van der Waals surface area contributed by atoms with Gasteiger partial charge < -0.3 is 10.3 Å². The third-order valence-electron chi connectivity index (χ3n) is 3.06. The number of aryl methyl sites for hydroxylation is 1. The monoisotopic (exact) mass is 315 g/mol. The first kappa shape index (κ1) is 16.5. The molecule has 2 heterocycles. The summed E-state index contributed by atoms with van der Waals surface area (Å²) in [6, 6.07) is 6.95. The van der Waals surface area contributed by atoms with E-state index in [9.17, 15) is 5.21 Å². The molecule has 0 aliphatic carbocycles. The van der Waals surface area contributed by atoms with Crippen LogP contribution in [0.3, 0.4) is 0 Å². The third-order valence-corrected chi connectivity index (χ3v) is 3.06. The van der Waals surface area contributed by atoms with Crippen LogP contribution in [0.15, 0.2) is 58.2 Å². The zero-order valence-corrected chi connectivity index (χ0v) is 12.8. The van der Waals surface area contributed by atoms with Crippen molar-refractivity contribution >= 4 is 17.7 Å². The Balaban J connectivity index is 1.88.